The molecule has 0 atom stereocenters. The van der Waals surface area contributed by atoms with E-state index in [1.807, 2.05) is 41.1 Å². The number of methoxy groups -OCH3 is 1. The fourth-order valence-corrected chi connectivity index (χ4v) is 4.62. The van der Waals surface area contributed by atoms with Gasteiger partial charge in [-0.05, 0) is 55.7 Å². The third kappa shape index (κ3) is 5.26. The Morgan fingerprint density at radius 3 is 2.78 bits per heavy atom. The summed E-state index contributed by atoms with van der Waals surface area (Å²) in [6.45, 7) is 7.31. The van der Waals surface area contributed by atoms with E-state index in [1.54, 1.807) is 13.3 Å². The highest BCUT2D eigenvalue weighted by atomic mass is 16.5. The van der Waals surface area contributed by atoms with Crippen LogP contribution in [-0.2, 0) is 4.79 Å². The van der Waals surface area contributed by atoms with Gasteiger partial charge in [0.1, 0.15) is 11.6 Å². The van der Waals surface area contributed by atoms with Crippen LogP contribution in [0.25, 0.3) is 16.7 Å². The maximum absolute atomic E-state index is 12.3. The number of hydrogen-bond acceptors (Lipinski definition) is 7. The van der Waals surface area contributed by atoms with Crippen LogP contribution in [0.3, 0.4) is 0 Å². The zero-order chi connectivity index (χ0) is 25.8. The van der Waals surface area contributed by atoms with Gasteiger partial charge in [0.2, 0.25) is 11.9 Å². The van der Waals surface area contributed by atoms with Crippen LogP contribution >= 0.6 is 0 Å². The second-order valence-electron chi connectivity index (χ2n) is 9.01. The molecule has 0 spiro atoms. The molecule has 1 saturated heterocycles. The number of fused-ring (bicyclic) bond motifs is 1. The number of amides is 1. The molecule has 190 valence electrons. The highest BCUT2D eigenvalue weighted by Crippen LogP contribution is 2.38. The van der Waals surface area contributed by atoms with Crippen LogP contribution < -0.4 is 20.3 Å². The highest BCUT2D eigenvalue weighted by molar-refractivity contribution is 6.02. The van der Waals surface area contributed by atoms with Crippen LogP contribution in [0.1, 0.15) is 6.42 Å². The van der Waals surface area contributed by atoms with E-state index in [0.29, 0.717) is 23.1 Å². The van der Waals surface area contributed by atoms with Crippen molar-refractivity contribution >= 4 is 39.8 Å². The second kappa shape index (κ2) is 10.7. The summed E-state index contributed by atoms with van der Waals surface area (Å²) in [4.78, 5) is 26.1. The largest absolute Gasteiger partial charge is 0.494 e. The van der Waals surface area contributed by atoms with Gasteiger partial charge in [-0.25, -0.2) is 4.98 Å². The minimum Gasteiger partial charge on any atom is -0.494 e. The molecule has 9 heteroatoms. The maximum atomic E-state index is 12.3. The van der Waals surface area contributed by atoms with Gasteiger partial charge in [-0.15, -0.1) is 0 Å². The molecule has 4 aromatic rings. The number of nitrogens with one attached hydrogen (secondary N) is 2. The number of anilines is 4. The van der Waals surface area contributed by atoms with Gasteiger partial charge in [-0.3, -0.25) is 4.79 Å². The van der Waals surface area contributed by atoms with Crippen molar-refractivity contribution in [2.24, 2.45) is 0 Å². The Morgan fingerprint density at radius 1 is 1.08 bits per heavy atom. The number of para-hydroxylation sites is 1. The van der Waals surface area contributed by atoms with Crippen molar-refractivity contribution in [3.8, 4) is 11.6 Å². The summed E-state index contributed by atoms with van der Waals surface area (Å²) < 4.78 is 7.78. The minimum absolute atomic E-state index is 0.276. The molecule has 2 aromatic carbocycles. The smallest absolute Gasteiger partial charge is 0.247 e. The molecule has 2 aromatic heterocycles. The Bertz CT molecular complexity index is 1430. The van der Waals surface area contributed by atoms with Gasteiger partial charge in [-0.2, -0.15) is 4.98 Å². The Morgan fingerprint density at radius 2 is 1.95 bits per heavy atom. The van der Waals surface area contributed by atoms with Gasteiger partial charge < -0.3 is 29.7 Å². The molecule has 9 nitrogen and oxygen atoms in total. The molecule has 0 bridgehead atoms. The molecule has 2 N–H and O–H groups in total. The first-order valence-corrected chi connectivity index (χ1v) is 12.3. The van der Waals surface area contributed by atoms with E-state index in [4.69, 9.17) is 9.72 Å². The van der Waals surface area contributed by atoms with Gasteiger partial charge >= 0.3 is 0 Å². The molecule has 1 amide bonds. The molecular formula is C28H31N7O2. The van der Waals surface area contributed by atoms with Crippen LogP contribution in [0, 0.1) is 0 Å². The molecule has 5 rings (SSSR count). The van der Waals surface area contributed by atoms with Gasteiger partial charge in [0.05, 0.1) is 29.7 Å². The van der Waals surface area contributed by atoms with Crippen molar-refractivity contribution in [2.45, 2.75) is 6.42 Å². The summed E-state index contributed by atoms with van der Waals surface area (Å²) in [7, 11) is 3.76. The predicted molar refractivity (Wildman–Crippen MR) is 148 cm³/mol. The summed E-state index contributed by atoms with van der Waals surface area (Å²) in [5, 5.41) is 7.39. The first-order valence-electron chi connectivity index (χ1n) is 12.3. The summed E-state index contributed by atoms with van der Waals surface area (Å²) in [5.74, 6) is 1.51. The number of carbonyl (C=O) groups excluding carboxylic acids is 1. The van der Waals surface area contributed by atoms with E-state index < -0.39 is 0 Å². The first-order chi connectivity index (χ1) is 18.1. The Balaban J connectivity index is 1.50. The van der Waals surface area contributed by atoms with Crippen LogP contribution in [0.4, 0.5) is 23.0 Å². The maximum Gasteiger partial charge on any atom is 0.247 e. The van der Waals surface area contributed by atoms with E-state index in [9.17, 15) is 4.79 Å². The van der Waals surface area contributed by atoms with Crippen molar-refractivity contribution in [3.05, 3.63) is 73.6 Å². The summed E-state index contributed by atoms with van der Waals surface area (Å²) in [6.07, 6.45) is 6.01. The molecular weight excluding hydrogens is 466 g/mol. The van der Waals surface area contributed by atoms with Crippen molar-refractivity contribution in [2.75, 3.05) is 55.9 Å². The molecule has 1 aliphatic heterocycles. The monoisotopic (exact) mass is 497 g/mol. The summed E-state index contributed by atoms with van der Waals surface area (Å²) in [5.41, 5.74) is 3.28. The molecule has 0 aliphatic carbocycles. The minimum atomic E-state index is -0.276. The number of hydrogen-bond donors (Lipinski definition) is 2. The number of ether oxygens (including phenoxy) is 1. The number of nitrogens with zero attached hydrogens (tertiary/aromatic N) is 5. The van der Waals surface area contributed by atoms with E-state index in [0.717, 1.165) is 55.0 Å². The fraction of sp³-hybridized carbons (Fsp3) is 0.250. The normalized spacial score (nSPS) is 14.3. The Labute approximate surface area is 216 Å². The van der Waals surface area contributed by atoms with Crippen molar-refractivity contribution in [3.63, 3.8) is 0 Å². The van der Waals surface area contributed by atoms with Crippen LogP contribution in [0.5, 0.6) is 5.75 Å². The third-order valence-corrected chi connectivity index (χ3v) is 6.55. The number of rotatable bonds is 7. The Hall–Kier alpha value is -4.37. The SMILES string of the molecule is C=CC(=O)Nc1cc(Nc2nccc(-n3ccc4ccccc43)n2)c(OC)cc1N1CCCN(C)CC1. The molecule has 1 fully saturated rings. The number of likely N-dealkylation sites (N-methyl/N-ethyl adjacent to an activating group) is 1. The lowest BCUT2D eigenvalue weighted by Crippen LogP contribution is -2.29. The first kappa shape index (κ1) is 24.3. The standard InChI is InChI=1S/C28H31N7O2/c1-4-27(36)30-21-18-22(25(37-3)19-24(21)34-14-7-13-33(2)16-17-34)31-28-29-12-10-26(32-28)35-15-11-20-8-5-6-9-23(20)35/h4-6,8-12,15,18-19H,1,7,13-14,16-17H2,2-3H3,(H,30,36)(H,29,31,32). The van der Waals surface area contributed by atoms with Gasteiger partial charge in [0, 0.05) is 38.1 Å². The van der Waals surface area contributed by atoms with E-state index >= 15 is 0 Å². The predicted octanol–water partition coefficient (Wildman–Crippen LogP) is 4.44. The van der Waals surface area contributed by atoms with E-state index in [1.165, 1.54) is 6.08 Å². The van der Waals surface area contributed by atoms with Crippen LogP contribution in [0.2, 0.25) is 0 Å². The summed E-state index contributed by atoms with van der Waals surface area (Å²) in [6, 6.07) is 15.9. The van der Waals surface area contributed by atoms with Gasteiger partial charge in [0.25, 0.3) is 0 Å². The van der Waals surface area contributed by atoms with Crippen LogP contribution in [-0.4, -0.2) is 65.7 Å². The summed E-state index contributed by atoms with van der Waals surface area (Å²) >= 11 is 0. The van der Waals surface area contributed by atoms with Crippen molar-refractivity contribution < 1.29 is 9.53 Å². The zero-order valence-corrected chi connectivity index (χ0v) is 21.1. The topological polar surface area (TPSA) is 87.5 Å². The average molecular weight is 498 g/mol. The highest BCUT2D eigenvalue weighted by Gasteiger charge is 2.20. The number of benzene rings is 2. The lowest BCUT2D eigenvalue weighted by atomic mass is 10.1. The fourth-order valence-electron chi connectivity index (χ4n) is 4.62. The van der Waals surface area contributed by atoms with E-state index in [2.05, 4.69) is 57.2 Å². The second-order valence-corrected chi connectivity index (χ2v) is 9.01. The molecule has 3 heterocycles. The third-order valence-electron chi connectivity index (χ3n) is 6.55. The zero-order valence-electron chi connectivity index (χ0n) is 21.1. The van der Waals surface area contributed by atoms with Gasteiger partial charge in [0.15, 0.2) is 0 Å². The lowest BCUT2D eigenvalue weighted by Gasteiger charge is -2.27. The average Bonchev–Trinajstić information content (AvgIpc) is 3.23. The van der Waals surface area contributed by atoms with Crippen molar-refractivity contribution in [1.82, 2.24) is 19.4 Å². The molecule has 1 aliphatic rings. The molecule has 37 heavy (non-hydrogen) atoms. The van der Waals surface area contributed by atoms with Gasteiger partial charge in [-0.1, -0.05) is 24.8 Å². The lowest BCUT2D eigenvalue weighted by molar-refractivity contribution is -0.111. The quantitative estimate of drug-likeness (QED) is 0.365. The molecule has 0 unspecified atom stereocenters. The number of aromatic nitrogens is 3. The number of carbonyl (C=O) groups is 1. The van der Waals surface area contributed by atoms with E-state index in [-0.39, 0.29) is 5.91 Å². The van der Waals surface area contributed by atoms with Crippen LogP contribution in [0.15, 0.2) is 73.6 Å². The van der Waals surface area contributed by atoms with Crippen molar-refractivity contribution in [1.29, 1.82) is 0 Å². The molecule has 0 radical (unpaired) electrons. The molecule has 0 saturated carbocycles. The Kier molecular flexibility index (Phi) is 7.04.